The lowest BCUT2D eigenvalue weighted by atomic mass is 9.65. The van der Waals surface area contributed by atoms with Gasteiger partial charge in [-0.1, -0.05) is 45.0 Å². The van der Waals surface area contributed by atoms with Crippen LogP contribution in [0.4, 0.5) is 11.4 Å². The number of ketones is 1. The zero-order valence-electron chi connectivity index (χ0n) is 20.2. The maximum absolute atomic E-state index is 13.9. The molecular weight excluding hydrogens is 450 g/mol. The molecule has 2 aromatic rings. The Morgan fingerprint density at radius 2 is 1.88 bits per heavy atom. The minimum atomic E-state index is -3.40. The highest BCUT2D eigenvalue weighted by Crippen LogP contribution is 2.44. The van der Waals surface area contributed by atoms with Gasteiger partial charge in [0.05, 0.1) is 18.2 Å². The predicted octanol–water partition coefficient (Wildman–Crippen LogP) is 5.02. The Morgan fingerprint density at radius 3 is 2.56 bits per heavy atom. The Hall–Kier alpha value is -3.13. The molecule has 0 saturated carbocycles. The fourth-order valence-corrected chi connectivity index (χ4v) is 5.06. The number of aliphatic imine (C=N–C) groups is 1. The number of nitrogens with zero attached hydrogens (tertiary/aromatic N) is 1. The van der Waals surface area contributed by atoms with E-state index >= 15 is 0 Å². The van der Waals surface area contributed by atoms with Gasteiger partial charge in [-0.2, -0.15) is 0 Å². The molecule has 0 fully saturated rings. The number of fused-ring (bicyclic) bond motifs is 2. The smallest absolute Gasteiger partial charge is 0.229 e. The summed E-state index contributed by atoms with van der Waals surface area (Å²) in [6.45, 7) is 8.66. The van der Waals surface area contributed by atoms with E-state index in [-0.39, 0.29) is 29.1 Å². The van der Waals surface area contributed by atoms with Crippen LogP contribution < -0.4 is 10.0 Å². The maximum Gasteiger partial charge on any atom is 0.229 e. The normalized spacial score (nSPS) is 20.3. The number of carbonyl (C=O) groups excluding carboxylic acids is 1. The summed E-state index contributed by atoms with van der Waals surface area (Å²) >= 11 is 0. The Morgan fingerprint density at radius 1 is 1.18 bits per heavy atom. The van der Waals surface area contributed by atoms with Crippen molar-refractivity contribution in [3.05, 3.63) is 64.7 Å². The third kappa shape index (κ3) is 4.59. The standard InChI is InChI=1S/C26H31N3O4S/c1-25(2,3)12-13-26(4)19-9-7-6-8-18(19)22(30)21(23(26)31)24-27-15-16-14-17(29-34(5,32)33)10-11-20(16)28-24/h6-11,14,29-30H,12-13,15H2,1-5H3,(H,27,28)/t26-/m1/s1. The number of sulfonamides is 1. The summed E-state index contributed by atoms with van der Waals surface area (Å²) in [5.41, 5.74) is 2.89. The lowest BCUT2D eigenvalue weighted by Gasteiger charge is -2.37. The minimum Gasteiger partial charge on any atom is -0.506 e. The van der Waals surface area contributed by atoms with E-state index in [9.17, 15) is 18.3 Å². The van der Waals surface area contributed by atoms with Crippen molar-refractivity contribution in [2.24, 2.45) is 10.4 Å². The van der Waals surface area contributed by atoms with Crippen LogP contribution >= 0.6 is 0 Å². The van der Waals surface area contributed by atoms with Crippen LogP contribution in [0.25, 0.3) is 5.76 Å². The predicted molar refractivity (Wildman–Crippen MR) is 137 cm³/mol. The number of Topliss-reactive ketones (excluding diaryl/α,β-unsaturated/α-hetero) is 1. The Bertz CT molecular complexity index is 1340. The Balaban J connectivity index is 1.73. The minimum absolute atomic E-state index is 0.0544. The van der Waals surface area contributed by atoms with Crippen LogP contribution in [0.5, 0.6) is 0 Å². The molecule has 3 N–H and O–H groups in total. The van der Waals surface area contributed by atoms with E-state index in [4.69, 9.17) is 0 Å². The fourth-order valence-electron chi connectivity index (χ4n) is 4.50. The van der Waals surface area contributed by atoms with Gasteiger partial charge >= 0.3 is 0 Å². The summed E-state index contributed by atoms with van der Waals surface area (Å²) in [6, 6.07) is 12.6. The molecule has 1 aliphatic carbocycles. The highest BCUT2D eigenvalue weighted by Gasteiger charge is 2.46. The first-order valence-corrected chi connectivity index (χ1v) is 13.2. The van der Waals surface area contributed by atoms with Crippen molar-refractivity contribution < 1.29 is 18.3 Å². The summed E-state index contributed by atoms with van der Waals surface area (Å²) in [4.78, 5) is 18.5. The summed E-state index contributed by atoms with van der Waals surface area (Å²) in [7, 11) is -3.40. The molecule has 2 aromatic carbocycles. The molecule has 34 heavy (non-hydrogen) atoms. The van der Waals surface area contributed by atoms with Crippen LogP contribution in [0.2, 0.25) is 0 Å². The van der Waals surface area contributed by atoms with E-state index < -0.39 is 15.4 Å². The summed E-state index contributed by atoms with van der Waals surface area (Å²) < 4.78 is 25.6. The average molecular weight is 482 g/mol. The van der Waals surface area contributed by atoms with Crippen molar-refractivity contribution in [3.8, 4) is 0 Å². The van der Waals surface area contributed by atoms with Crippen LogP contribution in [-0.2, 0) is 26.8 Å². The fraction of sp³-hybridized carbons (Fsp3) is 0.385. The van der Waals surface area contributed by atoms with Crippen LogP contribution in [0.3, 0.4) is 0 Å². The first-order valence-electron chi connectivity index (χ1n) is 11.3. The van der Waals surface area contributed by atoms with Crippen LogP contribution in [0, 0.1) is 5.41 Å². The molecule has 4 rings (SSSR count). The number of nitrogens with one attached hydrogen (secondary N) is 2. The second kappa shape index (κ2) is 8.27. The van der Waals surface area contributed by atoms with Gasteiger partial charge in [0, 0.05) is 16.9 Å². The van der Waals surface area contributed by atoms with Crippen molar-refractivity contribution in [2.75, 3.05) is 16.3 Å². The van der Waals surface area contributed by atoms with Crippen LogP contribution in [-0.4, -0.2) is 31.4 Å². The second-order valence-electron chi connectivity index (χ2n) is 10.5. The molecule has 0 unspecified atom stereocenters. The molecule has 1 heterocycles. The number of benzene rings is 2. The van der Waals surface area contributed by atoms with Gasteiger partial charge in [0.1, 0.15) is 17.2 Å². The number of hydrogen-bond acceptors (Lipinski definition) is 6. The molecule has 180 valence electrons. The molecule has 0 amide bonds. The molecule has 0 aromatic heterocycles. The molecule has 1 aliphatic heterocycles. The number of carbonyl (C=O) groups is 1. The third-order valence-corrected chi connectivity index (χ3v) is 7.03. The van der Waals surface area contributed by atoms with Crippen molar-refractivity contribution in [1.29, 1.82) is 0 Å². The largest absolute Gasteiger partial charge is 0.506 e. The van der Waals surface area contributed by atoms with Gasteiger partial charge in [-0.15, -0.1) is 0 Å². The average Bonchev–Trinajstić information content (AvgIpc) is 2.75. The van der Waals surface area contributed by atoms with Gasteiger partial charge in [0.15, 0.2) is 5.78 Å². The van der Waals surface area contributed by atoms with Gasteiger partial charge in [-0.05, 0) is 54.5 Å². The van der Waals surface area contributed by atoms with E-state index in [1.54, 1.807) is 18.2 Å². The van der Waals surface area contributed by atoms with Gasteiger partial charge in [-0.25, -0.2) is 8.42 Å². The Labute approximate surface area is 201 Å². The van der Waals surface area contributed by atoms with E-state index in [0.29, 0.717) is 29.2 Å². The summed E-state index contributed by atoms with van der Waals surface area (Å²) in [6.07, 6.45) is 2.59. The molecule has 7 nitrogen and oxygen atoms in total. The summed E-state index contributed by atoms with van der Waals surface area (Å²) in [5, 5.41) is 14.4. The lowest BCUT2D eigenvalue weighted by molar-refractivity contribution is -0.120. The molecule has 0 radical (unpaired) electrons. The van der Waals surface area contributed by atoms with Gasteiger partial charge in [0.25, 0.3) is 0 Å². The Kier molecular flexibility index (Phi) is 5.84. The SMILES string of the molecule is CC(C)(C)CC[C@@]1(C)C(=O)C(C2=NCc3cc(NS(C)(=O)=O)ccc3N2)=C(O)c2ccccc21. The highest BCUT2D eigenvalue weighted by atomic mass is 32.2. The number of amidine groups is 1. The first-order chi connectivity index (χ1) is 15.8. The monoisotopic (exact) mass is 481 g/mol. The first kappa shape index (κ1) is 24.0. The van der Waals surface area contributed by atoms with Crippen molar-refractivity contribution in [3.63, 3.8) is 0 Å². The number of rotatable bonds is 5. The van der Waals surface area contributed by atoms with Crippen LogP contribution in [0.1, 0.15) is 57.2 Å². The molecule has 8 heteroatoms. The molecular formula is C26H31N3O4S. The zero-order valence-corrected chi connectivity index (χ0v) is 21.0. The van der Waals surface area contributed by atoms with E-state index in [1.165, 1.54) is 0 Å². The van der Waals surface area contributed by atoms with Gasteiger partial charge < -0.3 is 10.4 Å². The second-order valence-corrected chi connectivity index (χ2v) is 12.3. The number of aliphatic hydroxyl groups excluding tert-OH is 1. The molecule has 1 atom stereocenters. The zero-order chi connectivity index (χ0) is 24.9. The van der Waals surface area contributed by atoms with Gasteiger partial charge in [-0.3, -0.25) is 14.5 Å². The van der Waals surface area contributed by atoms with E-state index in [0.717, 1.165) is 23.8 Å². The van der Waals surface area contributed by atoms with Crippen molar-refractivity contribution in [2.45, 2.75) is 52.5 Å². The quantitative estimate of drug-likeness (QED) is 0.556. The number of aliphatic hydroxyl groups is 1. The van der Waals surface area contributed by atoms with Gasteiger partial charge in [0.2, 0.25) is 10.0 Å². The maximum atomic E-state index is 13.9. The topological polar surface area (TPSA) is 108 Å². The third-order valence-electron chi connectivity index (χ3n) is 6.42. The number of anilines is 2. The molecule has 0 spiro atoms. The summed E-state index contributed by atoms with van der Waals surface area (Å²) in [5.74, 6) is 0.104. The lowest BCUT2D eigenvalue weighted by Crippen LogP contribution is -2.42. The molecule has 0 bridgehead atoms. The molecule has 0 saturated heterocycles. The van der Waals surface area contributed by atoms with Crippen molar-refractivity contribution >= 4 is 38.8 Å². The number of hydrogen-bond donors (Lipinski definition) is 3. The van der Waals surface area contributed by atoms with Crippen LogP contribution in [0.15, 0.2) is 53.0 Å². The van der Waals surface area contributed by atoms with Crippen molar-refractivity contribution in [1.82, 2.24) is 0 Å². The molecule has 2 aliphatic rings. The van der Waals surface area contributed by atoms with E-state index in [1.807, 2.05) is 31.2 Å². The van der Waals surface area contributed by atoms with E-state index in [2.05, 4.69) is 35.8 Å². The highest BCUT2D eigenvalue weighted by molar-refractivity contribution is 7.92.